The lowest BCUT2D eigenvalue weighted by molar-refractivity contribution is 0.916. The normalized spacial score (nSPS) is 11.9. The third-order valence-corrected chi connectivity index (χ3v) is 8.53. The zero-order valence-corrected chi connectivity index (χ0v) is 19.3. The maximum absolute atomic E-state index is 2.40. The molecule has 31 heavy (non-hydrogen) atoms. The zero-order chi connectivity index (χ0) is 20.8. The molecule has 6 aromatic rings. The molecule has 0 aliphatic carbocycles. The summed E-state index contributed by atoms with van der Waals surface area (Å²) in [7, 11) is 0. The maximum Gasteiger partial charge on any atom is 0.0424 e. The highest BCUT2D eigenvalue weighted by atomic mass is 32.1. The summed E-state index contributed by atoms with van der Waals surface area (Å²) in [5, 5.41) is 10.4. The van der Waals surface area contributed by atoms with Crippen LogP contribution in [0, 0.1) is 0 Å². The van der Waals surface area contributed by atoms with Crippen molar-refractivity contribution >= 4 is 64.4 Å². The lowest BCUT2D eigenvalue weighted by atomic mass is 10.0. The van der Waals surface area contributed by atoms with Crippen LogP contribution in [-0.2, 0) is 19.3 Å². The van der Waals surface area contributed by atoms with Crippen LogP contribution in [0.1, 0.15) is 29.3 Å². The summed E-state index contributed by atoms with van der Waals surface area (Å²) in [4.78, 5) is 1.48. The van der Waals surface area contributed by atoms with Crippen molar-refractivity contribution in [1.29, 1.82) is 0 Å². The molecule has 0 saturated carbocycles. The van der Waals surface area contributed by atoms with Gasteiger partial charge in [-0.2, -0.15) is 0 Å². The Kier molecular flexibility index (Phi) is 4.78. The molecule has 2 aromatic heterocycles. The van der Waals surface area contributed by atoms with Gasteiger partial charge < -0.3 is 0 Å². The SMILES string of the molecule is CCCc1ccc(CCc2cc3ccc4cc5c(ccc6ccsc65)cc4c3s2)cc1. The molecular formula is C29H24S2. The minimum Gasteiger partial charge on any atom is -0.143 e. The van der Waals surface area contributed by atoms with Crippen molar-refractivity contribution in [2.75, 3.05) is 0 Å². The fraction of sp³-hybridized carbons (Fsp3) is 0.172. The second kappa shape index (κ2) is 7.78. The highest BCUT2D eigenvalue weighted by Crippen LogP contribution is 2.38. The predicted molar refractivity (Wildman–Crippen MR) is 140 cm³/mol. The van der Waals surface area contributed by atoms with E-state index >= 15 is 0 Å². The summed E-state index contributed by atoms with van der Waals surface area (Å²) in [6.45, 7) is 2.24. The highest BCUT2D eigenvalue weighted by molar-refractivity contribution is 7.20. The van der Waals surface area contributed by atoms with E-state index in [0.29, 0.717) is 0 Å². The van der Waals surface area contributed by atoms with Gasteiger partial charge in [0.2, 0.25) is 0 Å². The van der Waals surface area contributed by atoms with Gasteiger partial charge >= 0.3 is 0 Å². The molecule has 2 heterocycles. The third kappa shape index (κ3) is 3.44. The first kappa shape index (κ1) is 19.0. The molecule has 2 heteroatoms. The number of hydrogen-bond donors (Lipinski definition) is 0. The zero-order valence-electron chi connectivity index (χ0n) is 17.7. The maximum atomic E-state index is 2.40. The Balaban J connectivity index is 1.36. The summed E-state index contributed by atoms with van der Waals surface area (Å²) < 4.78 is 2.83. The van der Waals surface area contributed by atoms with Crippen molar-refractivity contribution in [3.63, 3.8) is 0 Å². The van der Waals surface area contributed by atoms with Gasteiger partial charge in [0.1, 0.15) is 0 Å². The van der Waals surface area contributed by atoms with E-state index in [2.05, 4.69) is 85.1 Å². The first-order valence-electron chi connectivity index (χ1n) is 11.1. The quantitative estimate of drug-likeness (QED) is 0.236. The molecule has 4 aromatic carbocycles. The van der Waals surface area contributed by atoms with Crippen LogP contribution < -0.4 is 0 Å². The third-order valence-electron chi connectivity index (χ3n) is 6.33. The van der Waals surface area contributed by atoms with E-state index in [9.17, 15) is 0 Å². The minimum absolute atomic E-state index is 1.11. The molecule has 0 atom stereocenters. The van der Waals surface area contributed by atoms with E-state index < -0.39 is 0 Å². The Hall–Kier alpha value is -2.68. The summed E-state index contributed by atoms with van der Waals surface area (Å²) in [5.74, 6) is 0. The fourth-order valence-electron chi connectivity index (χ4n) is 4.68. The van der Waals surface area contributed by atoms with Crippen LogP contribution in [0.15, 0.2) is 78.2 Å². The van der Waals surface area contributed by atoms with Gasteiger partial charge in [0.25, 0.3) is 0 Å². The van der Waals surface area contributed by atoms with Crippen molar-refractivity contribution in [3.8, 4) is 0 Å². The smallest absolute Gasteiger partial charge is 0.0424 e. The van der Waals surface area contributed by atoms with Gasteiger partial charge in [-0.25, -0.2) is 0 Å². The molecule has 0 radical (unpaired) electrons. The molecule has 0 nitrogen and oxygen atoms in total. The van der Waals surface area contributed by atoms with Crippen molar-refractivity contribution < 1.29 is 0 Å². The summed E-state index contributed by atoms with van der Waals surface area (Å²) in [5.41, 5.74) is 2.89. The highest BCUT2D eigenvalue weighted by Gasteiger charge is 2.10. The van der Waals surface area contributed by atoms with Crippen LogP contribution >= 0.6 is 22.7 Å². The molecule has 0 aliphatic rings. The largest absolute Gasteiger partial charge is 0.143 e. The van der Waals surface area contributed by atoms with Crippen LogP contribution in [-0.4, -0.2) is 0 Å². The van der Waals surface area contributed by atoms with Gasteiger partial charge in [-0.15, -0.1) is 22.7 Å². The molecule has 0 amide bonds. The standard InChI is InChI=1S/C29H24S2/c1-2-3-19-4-6-20(7-5-19)8-13-25-16-24-12-11-23-17-26-22(18-27(23)29(24)31-25)10-9-21-14-15-30-28(21)26/h4-7,9-12,14-18H,2-3,8,13H2,1H3. The van der Waals surface area contributed by atoms with E-state index in [1.165, 1.54) is 70.6 Å². The van der Waals surface area contributed by atoms with Gasteiger partial charge in [0.05, 0.1) is 0 Å². The van der Waals surface area contributed by atoms with Crippen molar-refractivity contribution in [2.24, 2.45) is 0 Å². The number of fused-ring (bicyclic) bond motifs is 6. The van der Waals surface area contributed by atoms with Gasteiger partial charge in [0.15, 0.2) is 0 Å². The topological polar surface area (TPSA) is 0 Å². The van der Waals surface area contributed by atoms with E-state index in [1.807, 2.05) is 22.7 Å². The first-order chi connectivity index (χ1) is 15.3. The van der Waals surface area contributed by atoms with Crippen molar-refractivity contribution in [3.05, 3.63) is 94.2 Å². The summed E-state index contributed by atoms with van der Waals surface area (Å²) in [6, 6.07) is 27.8. The Morgan fingerprint density at radius 3 is 1.97 bits per heavy atom. The average Bonchev–Trinajstić information content (AvgIpc) is 3.44. The molecule has 0 fully saturated rings. The second-order valence-electron chi connectivity index (χ2n) is 8.46. The van der Waals surface area contributed by atoms with Crippen LogP contribution in [0.3, 0.4) is 0 Å². The first-order valence-corrected chi connectivity index (χ1v) is 12.8. The van der Waals surface area contributed by atoms with E-state index in [-0.39, 0.29) is 0 Å². The Morgan fingerprint density at radius 2 is 1.23 bits per heavy atom. The van der Waals surface area contributed by atoms with Crippen LogP contribution in [0.5, 0.6) is 0 Å². The van der Waals surface area contributed by atoms with Gasteiger partial charge in [-0.3, -0.25) is 0 Å². The second-order valence-corrected chi connectivity index (χ2v) is 10.5. The lowest BCUT2D eigenvalue weighted by Crippen LogP contribution is -1.90. The van der Waals surface area contributed by atoms with E-state index in [0.717, 1.165) is 12.8 Å². The molecule has 0 unspecified atom stereocenters. The van der Waals surface area contributed by atoms with E-state index in [1.54, 1.807) is 0 Å². The lowest BCUT2D eigenvalue weighted by Gasteiger charge is -2.05. The van der Waals surface area contributed by atoms with Gasteiger partial charge in [0, 0.05) is 25.0 Å². The average molecular weight is 437 g/mol. The summed E-state index contributed by atoms with van der Waals surface area (Å²) >= 11 is 3.82. The molecule has 0 saturated heterocycles. The number of aryl methyl sites for hydroxylation is 3. The van der Waals surface area contributed by atoms with Crippen molar-refractivity contribution in [2.45, 2.75) is 32.6 Å². The molecular weight excluding hydrogens is 412 g/mol. The van der Waals surface area contributed by atoms with Gasteiger partial charge in [-0.1, -0.05) is 61.9 Å². The number of rotatable bonds is 5. The Morgan fingerprint density at radius 1 is 0.581 bits per heavy atom. The van der Waals surface area contributed by atoms with Crippen molar-refractivity contribution in [1.82, 2.24) is 0 Å². The molecule has 0 N–H and O–H groups in total. The molecule has 0 bridgehead atoms. The molecule has 152 valence electrons. The molecule has 6 rings (SSSR count). The number of thiophene rings is 2. The Labute approximate surface area is 190 Å². The molecule has 0 spiro atoms. The molecule has 0 aliphatic heterocycles. The Bertz CT molecular complexity index is 1530. The minimum atomic E-state index is 1.11. The van der Waals surface area contributed by atoms with Crippen LogP contribution in [0.25, 0.3) is 41.7 Å². The number of benzene rings is 4. The fourth-order valence-corrected chi connectivity index (χ4v) is 6.79. The predicted octanol–water partition coefficient (Wildman–Crippen LogP) is 9.16. The monoisotopic (exact) mass is 436 g/mol. The van der Waals surface area contributed by atoms with E-state index in [4.69, 9.17) is 0 Å². The van der Waals surface area contributed by atoms with Crippen LogP contribution in [0.2, 0.25) is 0 Å². The van der Waals surface area contributed by atoms with Crippen LogP contribution in [0.4, 0.5) is 0 Å². The number of hydrogen-bond acceptors (Lipinski definition) is 2. The summed E-state index contributed by atoms with van der Waals surface area (Å²) in [6.07, 6.45) is 4.60. The van der Waals surface area contributed by atoms with Gasteiger partial charge in [-0.05, 0) is 81.6 Å².